The summed E-state index contributed by atoms with van der Waals surface area (Å²) in [7, 11) is 0. The number of ether oxygens (including phenoxy) is 1. The van der Waals surface area contributed by atoms with Gasteiger partial charge in [0, 0.05) is 18.8 Å². The molecule has 0 aliphatic carbocycles. The molecule has 1 saturated heterocycles. The lowest BCUT2D eigenvalue weighted by Crippen LogP contribution is -2.56. The van der Waals surface area contributed by atoms with E-state index in [0.717, 1.165) is 4.90 Å². The van der Waals surface area contributed by atoms with Crippen LogP contribution in [-0.4, -0.2) is 61.6 Å². The normalized spacial score (nSPS) is 22.5. The van der Waals surface area contributed by atoms with E-state index in [0.29, 0.717) is 12.3 Å². The number of nitrogens with zero attached hydrogens (tertiary/aromatic N) is 1. The average Bonchev–Trinajstić information content (AvgIpc) is 2.24. The van der Waals surface area contributed by atoms with Gasteiger partial charge in [0.25, 0.3) is 0 Å². The number of thiol groups is 1. The first kappa shape index (κ1) is 14.6. The van der Waals surface area contributed by atoms with Gasteiger partial charge in [0.15, 0.2) is 0 Å². The molecule has 1 atom stereocenters. The highest BCUT2D eigenvalue weighted by Gasteiger charge is 2.37. The van der Waals surface area contributed by atoms with Crippen LogP contribution in [0.25, 0.3) is 0 Å². The molecule has 1 amide bonds. The van der Waals surface area contributed by atoms with Gasteiger partial charge < -0.3 is 10.1 Å². The van der Waals surface area contributed by atoms with Crippen molar-refractivity contribution in [2.75, 3.05) is 38.6 Å². The summed E-state index contributed by atoms with van der Waals surface area (Å²) in [6, 6.07) is -0.870. The second-order valence-corrected chi connectivity index (χ2v) is 4.14. The monoisotopic (exact) mass is 272 g/mol. The van der Waals surface area contributed by atoms with Crippen LogP contribution in [0.2, 0.25) is 0 Å². The molecule has 17 heavy (non-hydrogen) atoms. The van der Waals surface area contributed by atoms with Gasteiger partial charge in [0.1, 0.15) is 6.04 Å². The lowest BCUT2D eigenvalue weighted by molar-refractivity contribution is -0.166. The Balaban J connectivity index is 2.56. The fourth-order valence-electron chi connectivity index (χ4n) is 1.60. The molecule has 1 heterocycles. The van der Waals surface area contributed by atoms with E-state index in [1.54, 1.807) is 0 Å². The number of alkyl halides is 3. The van der Waals surface area contributed by atoms with Crippen molar-refractivity contribution in [3.05, 3.63) is 0 Å². The summed E-state index contributed by atoms with van der Waals surface area (Å²) in [4.78, 5) is 12.7. The number of carbonyl (C=O) groups is 1. The minimum atomic E-state index is -4.31. The molecular formula is C9H15F3N2O2S. The highest BCUT2D eigenvalue weighted by Crippen LogP contribution is 2.19. The first-order chi connectivity index (χ1) is 7.94. The van der Waals surface area contributed by atoms with Gasteiger partial charge in [-0.1, -0.05) is 0 Å². The first-order valence-corrected chi connectivity index (χ1v) is 5.84. The Morgan fingerprint density at radius 3 is 2.82 bits per heavy atom. The number of amides is 1. The molecule has 0 radical (unpaired) electrons. The number of halogens is 3. The lowest BCUT2D eigenvalue weighted by atomic mass is 10.2. The molecule has 1 N–H and O–H groups in total. The van der Waals surface area contributed by atoms with Gasteiger partial charge in [-0.05, 0) is 0 Å². The van der Waals surface area contributed by atoms with Crippen molar-refractivity contribution < 1.29 is 22.7 Å². The molecule has 0 spiro atoms. The SMILES string of the molecule is O=C(NCCS)C1COCCN1CC(F)(F)F. The predicted octanol–water partition coefficient (Wildman–Crippen LogP) is 0.295. The summed E-state index contributed by atoms with van der Waals surface area (Å²) in [6.07, 6.45) is -4.31. The smallest absolute Gasteiger partial charge is 0.378 e. The fourth-order valence-corrected chi connectivity index (χ4v) is 1.71. The van der Waals surface area contributed by atoms with Crippen molar-refractivity contribution in [1.29, 1.82) is 0 Å². The largest absolute Gasteiger partial charge is 0.401 e. The average molecular weight is 272 g/mol. The first-order valence-electron chi connectivity index (χ1n) is 5.21. The molecule has 0 aromatic rings. The minimum absolute atomic E-state index is 0.00547. The van der Waals surface area contributed by atoms with Gasteiger partial charge in [0.2, 0.25) is 5.91 Å². The summed E-state index contributed by atoms with van der Waals surface area (Å²) in [5, 5.41) is 2.51. The maximum atomic E-state index is 12.3. The third-order valence-electron chi connectivity index (χ3n) is 2.34. The van der Waals surface area contributed by atoms with E-state index < -0.39 is 24.7 Å². The summed E-state index contributed by atoms with van der Waals surface area (Å²) < 4.78 is 41.9. The summed E-state index contributed by atoms with van der Waals surface area (Å²) in [6.45, 7) is -0.437. The Bertz CT molecular complexity index is 263. The highest BCUT2D eigenvalue weighted by atomic mass is 32.1. The number of carbonyl (C=O) groups excluding carboxylic acids is 1. The van der Waals surface area contributed by atoms with Crippen molar-refractivity contribution in [3.8, 4) is 0 Å². The number of rotatable bonds is 4. The van der Waals surface area contributed by atoms with Crippen molar-refractivity contribution in [2.45, 2.75) is 12.2 Å². The molecule has 8 heteroatoms. The number of hydrogen-bond acceptors (Lipinski definition) is 4. The second-order valence-electron chi connectivity index (χ2n) is 3.69. The van der Waals surface area contributed by atoms with Crippen LogP contribution in [0, 0.1) is 0 Å². The summed E-state index contributed by atoms with van der Waals surface area (Å²) >= 11 is 3.91. The Hall–Kier alpha value is -0.470. The standard InChI is InChI=1S/C9H15F3N2O2S/c10-9(11,12)6-14-2-3-16-5-7(14)8(15)13-1-4-17/h7,17H,1-6H2,(H,13,15). The molecule has 1 aliphatic heterocycles. The van der Waals surface area contributed by atoms with Crippen molar-refractivity contribution in [3.63, 3.8) is 0 Å². The third kappa shape index (κ3) is 5.13. The van der Waals surface area contributed by atoms with E-state index >= 15 is 0 Å². The second kappa shape index (κ2) is 6.46. The van der Waals surface area contributed by atoms with E-state index in [1.807, 2.05) is 0 Å². The Labute approximate surface area is 103 Å². The molecule has 1 unspecified atom stereocenters. The van der Waals surface area contributed by atoms with Crippen LogP contribution in [0.15, 0.2) is 0 Å². The van der Waals surface area contributed by atoms with Gasteiger partial charge in [0.05, 0.1) is 19.8 Å². The molecule has 0 aromatic heterocycles. The minimum Gasteiger partial charge on any atom is -0.378 e. The highest BCUT2D eigenvalue weighted by molar-refractivity contribution is 7.80. The molecule has 1 aliphatic rings. The zero-order valence-corrected chi connectivity index (χ0v) is 10.1. The molecule has 0 bridgehead atoms. The molecule has 4 nitrogen and oxygen atoms in total. The van der Waals surface area contributed by atoms with E-state index in [4.69, 9.17) is 4.74 Å². The quantitative estimate of drug-likeness (QED) is 0.723. The maximum absolute atomic E-state index is 12.3. The van der Waals surface area contributed by atoms with E-state index in [2.05, 4.69) is 17.9 Å². The molecule has 1 rings (SSSR count). The third-order valence-corrected chi connectivity index (χ3v) is 2.56. The zero-order chi connectivity index (χ0) is 12.9. The van der Waals surface area contributed by atoms with Crippen LogP contribution in [0.4, 0.5) is 13.2 Å². The van der Waals surface area contributed by atoms with Crippen molar-refractivity contribution in [1.82, 2.24) is 10.2 Å². The van der Waals surface area contributed by atoms with Gasteiger partial charge in [-0.25, -0.2) is 0 Å². The van der Waals surface area contributed by atoms with Crippen LogP contribution >= 0.6 is 12.6 Å². The number of nitrogens with one attached hydrogen (secondary N) is 1. The molecular weight excluding hydrogens is 257 g/mol. The van der Waals surface area contributed by atoms with Gasteiger partial charge >= 0.3 is 6.18 Å². The van der Waals surface area contributed by atoms with E-state index in [1.165, 1.54) is 0 Å². The molecule has 100 valence electrons. The lowest BCUT2D eigenvalue weighted by Gasteiger charge is -2.34. The topological polar surface area (TPSA) is 41.6 Å². The molecule has 0 aromatic carbocycles. The fraction of sp³-hybridized carbons (Fsp3) is 0.889. The maximum Gasteiger partial charge on any atom is 0.401 e. The Kier molecular flexibility index (Phi) is 5.54. The summed E-state index contributed by atoms with van der Waals surface area (Å²) in [5.74, 6) is 0.00138. The van der Waals surface area contributed by atoms with Crippen molar-refractivity contribution in [2.24, 2.45) is 0 Å². The van der Waals surface area contributed by atoms with E-state index in [9.17, 15) is 18.0 Å². The summed E-state index contributed by atoms with van der Waals surface area (Å²) in [5.41, 5.74) is 0. The van der Waals surface area contributed by atoms with E-state index in [-0.39, 0.29) is 19.8 Å². The van der Waals surface area contributed by atoms with Gasteiger partial charge in [-0.15, -0.1) is 0 Å². The van der Waals surface area contributed by atoms with Crippen LogP contribution in [0.5, 0.6) is 0 Å². The van der Waals surface area contributed by atoms with Crippen LogP contribution in [-0.2, 0) is 9.53 Å². The van der Waals surface area contributed by atoms with Crippen molar-refractivity contribution >= 4 is 18.5 Å². The molecule has 1 fully saturated rings. The number of morpholine rings is 1. The van der Waals surface area contributed by atoms with Crippen LogP contribution < -0.4 is 5.32 Å². The Morgan fingerprint density at radius 2 is 2.24 bits per heavy atom. The van der Waals surface area contributed by atoms with Gasteiger partial charge in [-0.3, -0.25) is 9.69 Å². The van der Waals surface area contributed by atoms with Gasteiger partial charge in [-0.2, -0.15) is 25.8 Å². The van der Waals surface area contributed by atoms with Crippen LogP contribution in [0.1, 0.15) is 0 Å². The Morgan fingerprint density at radius 1 is 1.53 bits per heavy atom. The van der Waals surface area contributed by atoms with Crippen LogP contribution in [0.3, 0.4) is 0 Å². The number of hydrogen-bond donors (Lipinski definition) is 2. The zero-order valence-electron chi connectivity index (χ0n) is 9.16. The predicted molar refractivity (Wildman–Crippen MR) is 59.1 cm³/mol. The molecule has 0 saturated carbocycles.